The van der Waals surface area contributed by atoms with Crippen LogP contribution in [0, 0.1) is 0 Å². The van der Waals surface area contributed by atoms with Crippen molar-refractivity contribution < 1.29 is 14.7 Å². The quantitative estimate of drug-likeness (QED) is 0.932. The first kappa shape index (κ1) is 15.3. The van der Waals surface area contributed by atoms with E-state index < -0.39 is 17.7 Å². The van der Waals surface area contributed by atoms with Gasteiger partial charge in [0.05, 0.1) is 11.6 Å². The highest BCUT2D eigenvalue weighted by Gasteiger charge is 2.43. The van der Waals surface area contributed by atoms with E-state index in [1.54, 1.807) is 48.5 Å². The van der Waals surface area contributed by atoms with E-state index in [2.05, 4.69) is 0 Å². The molecule has 0 radical (unpaired) electrons. The maximum absolute atomic E-state index is 12.5. The molecule has 1 amide bonds. The molecule has 1 atom stereocenters. The minimum absolute atomic E-state index is 0.0620. The minimum atomic E-state index is -0.740. The zero-order valence-corrected chi connectivity index (χ0v) is 13.1. The molecular weight excluding hydrogens is 314 g/mol. The van der Waals surface area contributed by atoms with Crippen LogP contribution in [0.2, 0.25) is 5.02 Å². The van der Waals surface area contributed by atoms with Gasteiger partial charge in [-0.05, 0) is 30.7 Å². The highest BCUT2D eigenvalue weighted by atomic mass is 35.5. The highest BCUT2D eigenvalue weighted by Crippen LogP contribution is 2.42. The Morgan fingerprint density at radius 2 is 1.70 bits per heavy atom. The standard InChI is InChI=1S/C18H14ClNO3/c1-11(21)15-16(13-9-5-6-10-14(13)19)20(18(23)17(15)22)12-7-3-2-4-8-12/h2-10,16,22H,1H3/t16-/m0/s1. The maximum Gasteiger partial charge on any atom is 0.294 e. The van der Waals surface area contributed by atoms with Crippen LogP contribution in [0.1, 0.15) is 18.5 Å². The number of amides is 1. The number of carbonyl (C=O) groups is 2. The zero-order valence-electron chi connectivity index (χ0n) is 12.4. The summed E-state index contributed by atoms with van der Waals surface area (Å²) < 4.78 is 0. The Balaban J connectivity index is 2.22. The van der Waals surface area contributed by atoms with Crippen molar-refractivity contribution in [2.75, 3.05) is 4.90 Å². The average Bonchev–Trinajstić information content (AvgIpc) is 2.80. The number of hydrogen-bond acceptors (Lipinski definition) is 3. The van der Waals surface area contributed by atoms with Crippen molar-refractivity contribution in [3.05, 3.63) is 76.5 Å². The van der Waals surface area contributed by atoms with E-state index in [-0.39, 0.29) is 11.4 Å². The van der Waals surface area contributed by atoms with Crippen molar-refractivity contribution in [2.24, 2.45) is 0 Å². The summed E-state index contributed by atoms with van der Waals surface area (Å²) in [5.74, 6) is -1.49. The van der Waals surface area contributed by atoms with E-state index in [9.17, 15) is 14.7 Å². The third-order valence-electron chi connectivity index (χ3n) is 3.82. The van der Waals surface area contributed by atoms with Gasteiger partial charge in [0.25, 0.3) is 5.91 Å². The molecule has 0 unspecified atom stereocenters. The SMILES string of the molecule is CC(=O)C1=C(O)C(=O)N(c2ccccc2)[C@H]1c1ccccc1Cl. The summed E-state index contributed by atoms with van der Waals surface area (Å²) in [5.41, 5.74) is 1.25. The Hall–Kier alpha value is -2.59. The molecule has 23 heavy (non-hydrogen) atoms. The number of hydrogen-bond donors (Lipinski definition) is 1. The third-order valence-corrected chi connectivity index (χ3v) is 4.17. The van der Waals surface area contributed by atoms with Crippen LogP contribution in [-0.2, 0) is 9.59 Å². The van der Waals surface area contributed by atoms with Gasteiger partial charge in [0.1, 0.15) is 0 Å². The lowest BCUT2D eigenvalue weighted by molar-refractivity contribution is -0.117. The first-order chi connectivity index (χ1) is 11.0. The first-order valence-corrected chi connectivity index (χ1v) is 7.47. The van der Waals surface area contributed by atoms with Crippen LogP contribution in [0.4, 0.5) is 5.69 Å². The van der Waals surface area contributed by atoms with E-state index >= 15 is 0 Å². The second-order valence-electron chi connectivity index (χ2n) is 5.25. The predicted octanol–water partition coefficient (Wildman–Crippen LogP) is 3.83. The fourth-order valence-electron chi connectivity index (χ4n) is 2.81. The van der Waals surface area contributed by atoms with Crippen LogP contribution in [0.3, 0.4) is 0 Å². The summed E-state index contributed by atoms with van der Waals surface area (Å²) in [5, 5.41) is 10.6. The molecule has 5 heteroatoms. The van der Waals surface area contributed by atoms with Crippen LogP contribution in [-0.4, -0.2) is 16.8 Å². The zero-order chi connectivity index (χ0) is 16.6. The molecule has 2 aromatic carbocycles. The molecule has 3 rings (SSSR count). The Morgan fingerprint density at radius 3 is 2.30 bits per heavy atom. The lowest BCUT2D eigenvalue weighted by Gasteiger charge is -2.27. The van der Waals surface area contributed by atoms with E-state index in [1.807, 2.05) is 6.07 Å². The largest absolute Gasteiger partial charge is 0.503 e. The second-order valence-corrected chi connectivity index (χ2v) is 5.66. The highest BCUT2D eigenvalue weighted by molar-refractivity contribution is 6.31. The molecule has 0 aliphatic carbocycles. The Labute approximate surface area is 138 Å². The fourth-order valence-corrected chi connectivity index (χ4v) is 3.05. The van der Waals surface area contributed by atoms with Gasteiger partial charge in [0.15, 0.2) is 11.5 Å². The van der Waals surface area contributed by atoms with Crippen LogP contribution >= 0.6 is 11.6 Å². The summed E-state index contributed by atoms with van der Waals surface area (Å²) >= 11 is 6.27. The number of ketones is 1. The van der Waals surface area contributed by atoms with Gasteiger partial charge in [-0.2, -0.15) is 0 Å². The molecule has 1 aliphatic rings. The Bertz CT molecular complexity index is 814. The lowest BCUT2D eigenvalue weighted by atomic mass is 9.96. The smallest absolute Gasteiger partial charge is 0.294 e. The van der Waals surface area contributed by atoms with Crippen LogP contribution in [0.15, 0.2) is 65.9 Å². The topological polar surface area (TPSA) is 57.6 Å². The molecule has 0 saturated heterocycles. The van der Waals surface area contributed by atoms with Crippen molar-refractivity contribution in [3.63, 3.8) is 0 Å². The van der Waals surface area contributed by atoms with Crippen molar-refractivity contribution >= 4 is 29.0 Å². The number of para-hydroxylation sites is 1. The second kappa shape index (κ2) is 5.89. The summed E-state index contributed by atoms with van der Waals surface area (Å²) in [7, 11) is 0. The number of carbonyl (C=O) groups excluding carboxylic acids is 2. The Kier molecular flexibility index (Phi) is 3.92. The minimum Gasteiger partial charge on any atom is -0.503 e. The van der Waals surface area contributed by atoms with E-state index in [4.69, 9.17) is 11.6 Å². The monoisotopic (exact) mass is 327 g/mol. The third kappa shape index (κ3) is 2.51. The van der Waals surface area contributed by atoms with Gasteiger partial charge in [0, 0.05) is 10.7 Å². The molecular formula is C18H14ClNO3. The van der Waals surface area contributed by atoms with Gasteiger partial charge in [-0.1, -0.05) is 48.0 Å². The number of benzene rings is 2. The number of Topliss-reactive ketones (excluding diaryl/α,β-unsaturated/α-hetero) is 1. The van der Waals surface area contributed by atoms with Gasteiger partial charge < -0.3 is 5.11 Å². The molecule has 116 valence electrons. The van der Waals surface area contributed by atoms with Crippen LogP contribution in [0.5, 0.6) is 0 Å². The molecule has 2 aromatic rings. The summed E-state index contributed by atoms with van der Waals surface area (Å²) in [6, 6.07) is 15.1. The van der Waals surface area contributed by atoms with Gasteiger partial charge >= 0.3 is 0 Å². The summed E-state index contributed by atoms with van der Waals surface area (Å²) in [6.07, 6.45) is 0. The molecule has 0 saturated carbocycles. The number of aliphatic hydroxyl groups is 1. The van der Waals surface area contributed by atoms with Crippen molar-refractivity contribution in [3.8, 4) is 0 Å². The molecule has 0 bridgehead atoms. The van der Waals surface area contributed by atoms with Crippen LogP contribution < -0.4 is 4.90 Å². The molecule has 4 nitrogen and oxygen atoms in total. The number of rotatable bonds is 3. The molecule has 0 spiro atoms. The fraction of sp³-hybridized carbons (Fsp3) is 0.111. The van der Waals surface area contributed by atoms with Crippen molar-refractivity contribution in [2.45, 2.75) is 13.0 Å². The number of aliphatic hydroxyl groups excluding tert-OH is 1. The summed E-state index contributed by atoms with van der Waals surface area (Å²) in [4.78, 5) is 26.0. The number of nitrogens with zero attached hydrogens (tertiary/aromatic N) is 1. The summed E-state index contributed by atoms with van der Waals surface area (Å²) in [6.45, 7) is 1.33. The van der Waals surface area contributed by atoms with Crippen LogP contribution in [0.25, 0.3) is 0 Å². The average molecular weight is 328 g/mol. The molecule has 0 fully saturated rings. The maximum atomic E-state index is 12.5. The molecule has 1 aliphatic heterocycles. The van der Waals surface area contributed by atoms with Gasteiger partial charge in [-0.15, -0.1) is 0 Å². The number of anilines is 1. The molecule has 1 heterocycles. The predicted molar refractivity (Wildman–Crippen MR) is 88.5 cm³/mol. The van der Waals surface area contributed by atoms with Crippen molar-refractivity contribution in [1.82, 2.24) is 0 Å². The Morgan fingerprint density at radius 1 is 1.09 bits per heavy atom. The van der Waals surface area contributed by atoms with Crippen molar-refractivity contribution in [1.29, 1.82) is 0 Å². The normalized spacial score (nSPS) is 17.7. The van der Waals surface area contributed by atoms with Gasteiger partial charge in [-0.3, -0.25) is 14.5 Å². The van der Waals surface area contributed by atoms with E-state index in [1.165, 1.54) is 11.8 Å². The number of halogens is 1. The first-order valence-electron chi connectivity index (χ1n) is 7.09. The molecule has 1 N–H and O–H groups in total. The van der Waals surface area contributed by atoms with Gasteiger partial charge in [-0.25, -0.2) is 0 Å². The lowest BCUT2D eigenvalue weighted by Crippen LogP contribution is -2.30. The van der Waals surface area contributed by atoms with E-state index in [0.717, 1.165) is 0 Å². The van der Waals surface area contributed by atoms with E-state index in [0.29, 0.717) is 16.3 Å². The van der Waals surface area contributed by atoms with Gasteiger partial charge in [0.2, 0.25) is 0 Å². The molecule has 0 aromatic heterocycles.